The van der Waals surface area contributed by atoms with Crippen molar-refractivity contribution < 1.29 is 9.32 Å². The first kappa shape index (κ1) is 17.9. The van der Waals surface area contributed by atoms with Crippen LogP contribution in [0.3, 0.4) is 0 Å². The number of nitrogens with zero attached hydrogens (tertiary/aromatic N) is 3. The minimum absolute atomic E-state index is 0.263. The van der Waals surface area contributed by atoms with E-state index in [0.29, 0.717) is 24.7 Å². The predicted octanol–water partition coefficient (Wildman–Crippen LogP) is 3.11. The van der Waals surface area contributed by atoms with Crippen LogP contribution < -0.4 is 5.32 Å². The van der Waals surface area contributed by atoms with Gasteiger partial charge < -0.3 is 14.8 Å². The number of imidazole rings is 1. The van der Waals surface area contributed by atoms with E-state index >= 15 is 0 Å². The quantitative estimate of drug-likeness (QED) is 0.518. The molecule has 2 aromatic carbocycles. The number of carbonyl (C=O) groups is 1. The van der Waals surface area contributed by atoms with E-state index in [2.05, 4.69) is 37.5 Å². The van der Waals surface area contributed by atoms with Crippen LogP contribution in [0.2, 0.25) is 0 Å². The first-order chi connectivity index (χ1) is 13.7. The third-order valence-electron chi connectivity index (χ3n) is 4.37. The van der Waals surface area contributed by atoms with Gasteiger partial charge in [-0.05, 0) is 24.7 Å². The molecule has 2 aromatic heterocycles. The van der Waals surface area contributed by atoms with Crippen molar-refractivity contribution >= 4 is 16.9 Å². The Morgan fingerprint density at radius 2 is 1.89 bits per heavy atom. The van der Waals surface area contributed by atoms with E-state index in [1.807, 2.05) is 49.5 Å². The number of nitrogens with one attached hydrogen (secondary N) is 2. The van der Waals surface area contributed by atoms with Gasteiger partial charge in [0.05, 0.1) is 24.1 Å². The van der Waals surface area contributed by atoms with Crippen molar-refractivity contribution in [1.82, 2.24) is 25.3 Å². The highest BCUT2D eigenvalue weighted by Crippen LogP contribution is 2.11. The Labute approximate surface area is 162 Å². The molecule has 4 aromatic rings. The molecule has 0 radical (unpaired) electrons. The largest absolute Gasteiger partial charge is 0.359 e. The Hall–Kier alpha value is -3.45. The highest BCUT2D eigenvalue weighted by Gasteiger charge is 2.14. The van der Waals surface area contributed by atoms with Crippen LogP contribution in [0.15, 0.2) is 65.2 Å². The van der Waals surface area contributed by atoms with Crippen molar-refractivity contribution in [3.05, 3.63) is 83.5 Å². The molecule has 0 spiro atoms. The van der Waals surface area contributed by atoms with Gasteiger partial charge >= 0.3 is 0 Å². The van der Waals surface area contributed by atoms with Crippen LogP contribution in [0.25, 0.3) is 11.0 Å². The maximum atomic E-state index is 12.3. The summed E-state index contributed by atoms with van der Waals surface area (Å²) in [4.78, 5) is 22.1. The standard InChI is InChI=1S/C21H21N5O2/c1-26(13-15-7-3-2-4-8-15)14-16-11-19(25-28-16)21(27)22-12-20-23-17-9-5-6-10-18(17)24-20/h2-11H,12-14H2,1H3,(H,22,27)(H,23,24). The highest BCUT2D eigenvalue weighted by atomic mass is 16.5. The summed E-state index contributed by atoms with van der Waals surface area (Å²) in [7, 11) is 2.00. The second-order valence-corrected chi connectivity index (χ2v) is 6.72. The molecule has 1 amide bonds. The van der Waals surface area contributed by atoms with Gasteiger partial charge in [-0.2, -0.15) is 0 Å². The van der Waals surface area contributed by atoms with Crippen molar-refractivity contribution in [3.63, 3.8) is 0 Å². The van der Waals surface area contributed by atoms with Crippen molar-refractivity contribution in [2.45, 2.75) is 19.6 Å². The predicted molar refractivity (Wildman–Crippen MR) is 105 cm³/mol. The highest BCUT2D eigenvalue weighted by molar-refractivity contribution is 5.92. The first-order valence-corrected chi connectivity index (χ1v) is 9.07. The van der Waals surface area contributed by atoms with Crippen LogP contribution in [-0.2, 0) is 19.6 Å². The van der Waals surface area contributed by atoms with Gasteiger partial charge in [-0.3, -0.25) is 9.69 Å². The second-order valence-electron chi connectivity index (χ2n) is 6.72. The molecule has 0 aliphatic carbocycles. The minimum Gasteiger partial charge on any atom is -0.359 e. The minimum atomic E-state index is -0.291. The number of fused-ring (bicyclic) bond motifs is 1. The van der Waals surface area contributed by atoms with Gasteiger partial charge in [0.1, 0.15) is 5.82 Å². The van der Waals surface area contributed by atoms with E-state index in [4.69, 9.17) is 4.52 Å². The second kappa shape index (κ2) is 8.06. The number of hydrogen-bond donors (Lipinski definition) is 2. The number of rotatable bonds is 7. The smallest absolute Gasteiger partial charge is 0.273 e. The van der Waals surface area contributed by atoms with Gasteiger partial charge in [0, 0.05) is 12.6 Å². The Morgan fingerprint density at radius 1 is 1.11 bits per heavy atom. The average molecular weight is 375 g/mol. The molecule has 0 atom stereocenters. The monoisotopic (exact) mass is 375 g/mol. The fraction of sp³-hybridized carbons (Fsp3) is 0.190. The number of H-pyrrole nitrogens is 1. The van der Waals surface area contributed by atoms with E-state index in [0.717, 1.165) is 17.6 Å². The molecule has 7 heteroatoms. The van der Waals surface area contributed by atoms with Gasteiger partial charge in [0.25, 0.3) is 5.91 Å². The lowest BCUT2D eigenvalue weighted by molar-refractivity contribution is 0.0940. The maximum Gasteiger partial charge on any atom is 0.273 e. The molecule has 0 aliphatic rings. The lowest BCUT2D eigenvalue weighted by atomic mass is 10.2. The number of benzene rings is 2. The molecule has 7 nitrogen and oxygen atoms in total. The van der Waals surface area contributed by atoms with Gasteiger partial charge in [0.15, 0.2) is 11.5 Å². The summed E-state index contributed by atoms with van der Waals surface area (Å²) in [5.74, 6) is 1.05. The number of aromatic amines is 1. The number of para-hydroxylation sites is 2. The van der Waals surface area contributed by atoms with Crippen LogP contribution in [0.1, 0.15) is 27.6 Å². The molecular formula is C21H21N5O2. The van der Waals surface area contributed by atoms with Crippen LogP contribution >= 0.6 is 0 Å². The van der Waals surface area contributed by atoms with Gasteiger partial charge in [-0.1, -0.05) is 47.6 Å². The summed E-state index contributed by atoms with van der Waals surface area (Å²) >= 11 is 0. The average Bonchev–Trinajstić information content (AvgIpc) is 3.33. The van der Waals surface area contributed by atoms with Crippen LogP contribution in [0.4, 0.5) is 0 Å². The van der Waals surface area contributed by atoms with Gasteiger partial charge in [0.2, 0.25) is 0 Å². The zero-order chi connectivity index (χ0) is 19.3. The summed E-state index contributed by atoms with van der Waals surface area (Å²) < 4.78 is 5.32. The third kappa shape index (κ3) is 4.27. The van der Waals surface area contributed by atoms with E-state index in [1.54, 1.807) is 6.07 Å². The molecule has 2 N–H and O–H groups in total. The Morgan fingerprint density at radius 3 is 2.71 bits per heavy atom. The van der Waals surface area contributed by atoms with Crippen LogP contribution in [-0.4, -0.2) is 33.0 Å². The van der Waals surface area contributed by atoms with E-state index in [9.17, 15) is 4.79 Å². The normalized spacial score (nSPS) is 11.2. The molecule has 28 heavy (non-hydrogen) atoms. The SMILES string of the molecule is CN(Cc1ccccc1)Cc1cc(C(=O)NCc2nc3ccccc3[nH]2)no1. The summed E-state index contributed by atoms with van der Waals surface area (Å²) in [5.41, 5.74) is 3.29. The Balaban J connectivity index is 1.32. The van der Waals surface area contributed by atoms with Crippen molar-refractivity contribution in [1.29, 1.82) is 0 Å². The zero-order valence-electron chi connectivity index (χ0n) is 15.6. The van der Waals surface area contributed by atoms with Crippen LogP contribution in [0.5, 0.6) is 0 Å². The van der Waals surface area contributed by atoms with Crippen molar-refractivity contribution in [3.8, 4) is 0 Å². The van der Waals surface area contributed by atoms with E-state index < -0.39 is 0 Å². The number of hydrogen-bond acceptors (Lipinski definition) is 5. The number of amides is 1. The molecule has 2 heterocycles. The first-order valence-electron chi connectivity index (χ1n) is 9.07. The lowest BCUT2D eigenvalue weighted by Crippen LogP contribution is -2.23. The van der Waals surface area contributed by atoms with Crippen molar-refractivity contribution in [2.75, 3.05) is 7.05 Å². The van der Waals surface area contributed by atoms with E-state index in [1.165, 1.54) is 5.56 Å². The summed E-state index contributed by atoms with van der Waals surface area (Å²) in [6.07, 6.45) is 0. The molecule has 0 aliphatic heterocycles. The van der Waals surface area contributed by atoms with Gasteiger partial charge in [-0.25, -0.2) is 4.98 Å². The van der Waals surface area contributed by atoms with E-state index in [-0.39, 0.29) is 11.6 Å². The van der Waals surface area contributed by atoms with Gasteiger partial charge in [-0.15, -0.1) is 0 Å². The molecular weight excluding hydrogens is 354 g/mol. The third-order valence-corrected chi connectivity index (χ3v) is 4.37. The Kier molecular flexibility index (Phi) is 5.16. The van der Waals surface area contributed by atoms with Crippen molar-refractivity contribution in [2.24, 2.45) is 0 Å². The number of carbonyl (C=O) groups excluding carboxylic acids is 1. The fourth-order valence-electron chi connectivity index (χ4n) is 3.06. The zero-order valence-corrected chi connectivity index (χ0v) is 15.6. The molecule has 0 bridgehead atoms. The maximum absolute atomic E-state index is 12.3. The molecule has 0 fully saturated rings. The fourth-order valence-corrected chi connectivity index (χ4v) is 3.06. The molecule has 0 saturated carbocycles. The Bertz CT molecular complexity index is 1040. The molecule has 142 valence electrons. The summed E-state index contributed by atoms with van der Waals surface area (Å²) in [6, 6.07) is 19.6. The number of aromatic nitrogens is 3. The van der Waals surface area contributed by atoms with Crippen LogP contribution in [0, 0.1) is 0 Å². The summed E-state index contributed by atoms with van der Waals surface area (Å²) in [6.45, 7) is 1.65. The molecule has 4 rings (SSSR count). The molecule has 0 saturated heterocycles. The molecule has 0 unspecified atom stereocenters. The summed E-state index contributed by atoms with van der Waals surface area (Å²) in [5, 5.41) is 6.70. The lowest BCUT2D eigenvalue weighted by Gasteiger charge is -2.14. The topological polar surface area (TPSA) is 87.0 Å².